The van der Waals surface area contributed by atoms with Gasteiger partial charge in [0.1, 0.15) is 5.82 Å². The normalized spacial score (nSPS) is 26.2. The van der Waals surface area contributed by atoms with Crippen LogP contribution in [0.1, 0.15) is 31.9 Å². The van der Waals surface area contributed by atoms with Crippen molar-refractivity contribution in [3.8, 4) is 0 Å². The zero-order chi connectivity index (χ0) is 13.3. The molecule has 3 nitrogen and oxygen atoms in total. The summed E-state index contributed by atoms with van der Waals surface area (Å²) in [7, 11) is 0. The number of rotatable bonds is 2. The summed E-state index contributed by atoms with van der Waals surface area (Å²) in [6.45, 7) is 5.11. The van der Waals surface area contributed by atoms with Crippen LogP contribution in [-0.2, 0) is 0 Å². The number of halogens is 1. The Labute approximate surface area is 107 Å². The highest BCUT2D eigenvalue weighted by Gasteiger charge is 2.27. The second-order valence-electron chi connectivity index (χ2n) is 5.25. The Morgan fingerprint density at radius 2 is 2.22 bits per heavy atom. The van der Waals surface area contributed by atoms with E-state index < -0.39 is 6.10 Å². The van der Waals surface area contributed by atoms with Gasteiger partial charge in [0.05, 0.1) is 11.8 Å². The molecule has 3 N–H and O–H groups in total. The van der Waals surface area contributed by atoms with Gasteiger partial charge in [-0.05, 0) is 30.9 Å². The number of benzene rings is 1. The number of hydrogen-bond acceptors (Lipinski definition) is 3. The van der Waals surface area contributed by atoms with Crippen molar-refractivity contribution in [1.82, 2.24) is 0 Å². The zero-order valence-corrected chi connectivity index (χ0v) is 10.9. The fraction of sp³-hybridized carbons (Fsp3) is 0.571. The molecule has 1 heterocycles. The van der Waals surface area contributed by atoms with Gasteiger partial charge in [0, 0.05) is 19.1 Å². The minimum atomic E-state index is -0.403. The number of nitrogens with two attached hydrogens (primary N) is 1. The Hall–Kier alpha value is -1.13. The Bertz CT molecular complexity index is 422. The summed E-state index contributed by atoms with van der Waals surface area (Å²) in [5.41, 5.74) is 7.25. The number of hydrogen-bond donors (Lipinski definition) is 2. The lowest BCUT2D eigenvalue weighted by molar-refractivity contribution is 0.102. The second kappa shape index (κ2) is 5.24. The Morgan fingerprint density at radius 3 is 2.83 bits per heavy atom. The number of para-hydroxylation sites is 1. The number of aliphatic hydroxyl groups is 1. The molecule has 0 amide bonds. The Balaban J connectivity index is 2.33. The topological polar surface area (TPSA) is 49.5 Å². The number of piperidine rings is 1. The van der Waals surface area contributed by atoms with Crippen molar-refractivity contribution in [3.05, 3.63) is 29.6 Å². The molecule has 0 aromatic heterocycles. The quantitative estimate of drug-likeness (QED) is 0.847. The largest absolute Gasteiger partial charge is 0.391 e. The Morgan fingerprint density at radius 1 is 1.50 bits per heavy atom. The maximum atomic E-state index is 14.0. The molecule has 0 bridgehead atoms. The first-order chi connectivity index (χ1) is 8.50. The predicted octanol–water partition coefficient (Wildman–Crippen LogP) is 2.05. The Kier molecular flexibility index (Phi) is 3.88. The van der Waals surface area contributed by atoms with Gasteiger partial charge >= 0.3 is 0 Å². The van der Waals surface area contributed by atoms with Crippen LogP contribution in [-0.4, -0.2) is 24.3 Å². The molecule has 1 aliphatic rings. The second-order valence-corrected chi connectivity index (χ2v) is 5.25. The first-order valence-electron chi connectivity index (χ1n) is 6.47. The van der Waals surface area contributed by atoms with E-state index >= 15 is 0 Å². The summed E-state index contributed by atoms with van der Waals surface area (Å²) in [5.74, 6) is 0.0123. The third-order valence-electron chi connectivity index (χ3n) is 3.74. The van der Waals surface area contributed by atoms with E-state index in [-0.39, 0.29) is 17.8 Å². The van der Waals surface area contributed by atoms with Crippen LogP contribution in [0.5, 0.6) is 0 Å². The molecule has 0 saturated carbocycles. The minimum absolute atomic E-state index is 0.216. The summed E-state index contributed by atoms with van der Waals surface area (Å²) in [5, 5.41) is 9.93. The molecule has 2 rings (SSSR count). The van der Waals surface area contributed by atoms with Gasteiger partial charge in [-0.1, -0.05) is 19.1 Å². The SMILES string of the molecule is CC1CCN(c2c(F)cccc2[C@H](C)N)CC1O. The number of aliphatic hydroxyl groups excluding tert-OH is 1. The van der Waals surface area contributed by atoms with Gasteiger partial charge in [-0.2, -0.15) is 0 Å². The summed E-state index contributed by atoms with van der Waals surface area (Å²) in [6, 6.07) is 4.77. The lowest BCUT2D eigenvalue weighted by Crippen LogP contribution is -2.43. The first-order valence-corrected chi connectivity index (χ1v) is 6.47. The molecule has 100 valence electrons. The molecule has 1 aromatic rings. The van der Waals surface area contributed by atoms with Gasteiger partial charge in [-0.25, -0.2) is 4.39 Å². The van der Waals surface area contributed by atoms with E-state index in [9.17, 15) is 9.50 Å². The first kappa shape index (κ1) is 13.3. The third kappa shape index (κ3) is 2.49. The van der Waals surface area contributed by atoms with Crippen molar-refractivity contribution < 1.29 is 9.50 Å². The van der Waals surface area contributed by atoms with Crippen molar-refractivity contribution >= 4 is 5.69 Å². The van der Waals surface area contributed by atoms with Crippen LogP contribution in [0.15, 0.2) is 18.2 Å². The molecule has 2 unspecified atom stereocenters. The van der Waals surface area contributed by atoms with Gasteiger partial charge < -0.3 is 15.7 Å². The predicted molar refractivity (Wildman–Crippen MR) is 71.0 cm³/mol. The molecule has 1 aromatic carbocycles. The number of β-amino-alcohol motifs (C(OH)–C–C–N with tert-alkyl or cyclic N) is 1. The van der Waals surface area contributed by atoms with Crippen molar-refractivity contribution in [3.63, 3.8) is 0 Å². The summed E-state index contributed by atoms with van der Waals surface area (Å²) in [6.07, 6.45) is 0.466. The van der Waals surface area contributed by atoms with Gasteiger partial charge in [0.15, 0.2) is 0 Å². The van der Waals surface area contributed by atoms with Gasteiger partial charge in [-0.3, -0.25) is 0 Å². The summed E-state index contributed by atoms with van der Waals surface area (Å²) < 4.78 is 14.0. The van der Waals surface area contributed by atoms with Crippen molar-refractivity contribution in [2.24, 2.45) is 11.7 Å². The summed E-state index contributed by atoms with van der Waals surface area (Å²) in [4.78, 5) is 1.92. The molecular formula is C14H21FN2O. The van der Waals surface area contributed by atoms with E-state index in [1.54, 1.807) is 6.07 Å². The van der Waals surface area contributed by atoms with E-state index in [4.69, 9.17) is 5.73 Å². The lowest BCUT2D eigenvalue weighted by Gasteiger charge is -2.37. The molecule has 1 aliphatic heterocycles. The molecule has 0 radical (unpaired) electrons. The highest BCUT2D eigenvalue weighted by molar-refractivity contribution is 5.56. The molecule has 1 saturated heterocycles. The third-order valence-corrected chi connectivity index (χ3v) is 3.74. The van der Waals surface area contributed by atoms with Crippen molar-refractivity contribution in [1.29, 1.82) is 0 Å². The smallest absolute Gasteiger partial charge is 0.146 e. The van der Waals surface area contributed by atoms with E-state index in [0.29, 0.717) is 12.2 Å². The standard InChI is InChI=1S/C14H21FN2O/c1-9-6-7-17(8-13(9)18)14-11(10(2)16)4-3-5-12(14)15/h3-5,9-10,13,18H,6-8,16H2,1-2H3/t9?,10-,13?/m0/s1. The monoisotopic (exact) mass is 252 g/mol. The molecule has 0 spiro atoms. The highest BCUT2D eigenvalue weighted by Crippen LogP contribution is 2.31. The lowest BCUT2D eigenvalue weighted by atomic mass is 9.94. The summed E-state index contributed by atoms with van der Waals surface area (Å²) >= 11 is 0. The van der Waals surface area contributed by atoms with Crippen LogP contribution in [0, 0.1) is 11.7 Å². The van der Waals surface area contributed by atoms with Crippen molar-refractivity contribution in [2.75, 3.05) is 18.0 Å². The van der Waals surface area contributed by atoms with Gasteiger partial charge in [0.25, 0.3) is 0 Å². The van der Waals surface area contributed by atoms with Crippen molar-refractivity contribution in [2.45, 2.75) is 32.4 Å². The van der Waals surface area contributed by atoms with Crippen LogP contribution >= 0.6 is 0 Å². The van der Waals surface area contributed by atoms with Gasteiger partial charge in [-0.15, -0.1) is 0 Å². The van der Waals surface area contributed by atoms with E-state index in [1.165, 1.54) is 6.07 Å². The fourth-order valence-electron chi connectivity index (χ4n) is 2.49. The van der Waals surface area contributed by atoms with E-state index in [0.717, 1.165) is 18.5 Å². The van der Waals surface area contributed by atoms with Crippen LogP contribution in [0.25, 0.3) is 0 Å². The zero-order valence-electron chi connectivity index (χ0n) is 10.9. The fourth-order valence-corrected chi connectivity index (χ4v) is 2.49. The van der Waals surface area contributed by atoms with Crippen LogP contribution in [0.4, 0.5) is 10.1 Å². The molecule has 4 heteroatoms. The minimum Gasteiger partial charge on any atom is -0.391 e. The number of nitrogens with zero attached hydrogens (tertiary/aromatic N) is 1. The maximum Gasteiger partial charge on any atom is 0.146 e. The molecule has 0 aliphatic carbocycles. The maximum absolute atomic E-state index is 14.0. The van der Waals surface area contributed by atoms with Crippen LogP contribution in [0.3, 0.4) is 0 Å². The molecule has 18 heavy (non-hydrogen) atoms. The van der Waals surface area contributed by atoms with Crippen LogP contribution < -0.4 is 10.6 Å². The molecule has 3 atom stereocenters. The van der Waals surface area contributed by atoms with Gasteiger partial charge in [0.2, 0.25) is 0 Å². The molecular weight excluding hydrogens is 231 g/mol. The average Bonchev–Trinajstić information content (AvgIpc) is 2.32. The number of anilines is 1. The molecule has 1 fully saturated rings. The van der Waals surface area contributed by atoms with E-state index in [1.807, 2.05) is 24.8 Å². The highest BCUT2D eigenvalue weighted by atomic mass is 19.1. The van der Waals surface area contributed by atoms with E-state index in [2.05, 4.69) is 0 Å². The van der Waals surface area contributed by atoms with Crippen LogP contribution in [0.2, 0.25) is 0 Å². The average molecular weight is 252 g/mol.